The number of carbonyl (C=O) groups is 3. The van der Waals surface area contributed by atoms with Gasteiger partial charge in [-0.1, -0.05) is 23.2 Å². The number of imide groups is 1. The number of nitrogens with zero attached hydrogens (tertiary/aromatic N) is 2. The topological polar surface area (TPSA) is 119 Å². The molecule has 0 fully saturated rings. The predicted molar refractivity (Wildman–Crippen MR) is 125 cm³/mol. The number of benzene rings is 3. The first-order valence-corrected chi connectivity index (χ1v) is 10.4. The number of hydrogen-bond acceptors (Lipinski definition) is 7. The van der Waals surface area contributed by atoms with Gasteiger partial charge in [0.2, 0.25) is 0 Å². The molecule has 11 heteroatoms. The van der Waals surface area contributed by atoms with E-state index in [1.165, 1.54) is 60.7 Å². The van der Waals surface area contributed by atoms with E-state index in [4.69, 9.17) is 27.9 Å². The van der Waals surface area contributed by atoms with Crippen molar-refractivity contribution in [1.82, 2.24) is 0 Å². The summed E-state index contributed by atoms with van der Waals surface area (Å²) < 4.78 is 5.20. The van der Waals surface area contributed by atoms with E-state index in [1.54, 1.807) is 12.1 Å². The van der Waals surface area contributed by atoms with Crippen molar-refractivity contribution in [3.8, 4) is 5.75 Å². The molecule has 9 nitrogen and oxygen atoms in total. The number of amides is 2. The fourth-order valence-corrected chi connectivity index (χ4v) is 3.41. The van der Waals surface area contributed by atoms with E-state index in [1.807, 2.05) is 0 Å². The minimum Gasteiger partial charge on any atom is -0.423 e. The normalized spacial score (nSPS) is 13.3. The van der Waals surface area contributed by atoms with Crippen LogP contribution < -0.4 is 15.0 Å². The first-order chi connectivity index (χ1) is 16.2. The number of nitrogens with one attached hydrogen (secondary N) is 1. The van der Waals surface area contributed by atoms with Crippen LogP contribution in [0.3, 0.4) is 0 Å². The maximum absolute atomic E-state index is 12.8. The SMILES string of the molecule is O=C(Oc1ccc([N+](=O)[O-])cc1)c1ccc(NC2=C(Cl)C(=O)N(c3ccc(Cl)cc3)C2=O)cc1. The summed E-state index contributed by atoms with van der Waals surface area (Å²) in [6.07, 6.45) is 0. The van der Waals surface area contributed by atoms with E-state index in [0.717, 1.165) is 4.90 Å². The van der Waals surface area contributed by atoms with Crippen LogP contribution in [0.1, 0.15) is 10.4 Å². The molecule has 1 aliphatic rings. The monoisotopic (exact) mass is 497 g/mol. The molecular weight excluding hydrogens is 485 g/mol. The van der Waals surface area contributed by atoms with E-state index in [0.29, 0.717) is 16.4 Å². The predicted octanol–water partition coefficient (Wildman–Crippen LogP) is 4.90. The molecule has 0 bridgehead atoms. The number of halogens is 2. The molecule has 1 N–H and O–H groups in total. The molecule has 170 valence electrons. The van der Waals surface area contributed by atoms with Crippen LogP contribution in [0.2, 0.25) is 5.02 Å². The largest absolute Gasteiger partial charge is 0.423 e. The number of hydrogen-bond donors (Lipinski definition) is 1. The summed E-state index contributed by atoms with van der Waals surface area (Å²) in [6.45, 7) is 0. The Morgan fingerprint density at radius 1 is 0.882 bits per heavy atom. The Bertz CT molecular complexity index is 1340. The molecule has 1 heterocycles. The summed E-state index contributed by atoms with van der Waals surface area (Å²) in [5.41, 5.74) is 0.680. The van der Waals surface area contributed by atoms with Crippen LogP contribution in [0, 0.1) is 10.1 Å². The Hall–Kier alpha value is -4.21. The number of nitro benzene ring substituents is 1. The molecular formula is C23H13Cl2N3O6. The summed E-state index contributed by atoms with van der Waals surface area (Å²) in [5.74, 6) is -1.86. The maximum atomic E-state index is 12.8. The quantitative estimate of drug-likeness (QED) is 0.169. The Labute approximate surface area is 202 Å². The Balaban J connectivity index is 1.45. The van der Waals surface area contributed by atoms with E-state index >= 15 is 0 Å². The highest BCUT2D eigenvalue weighted by Gasteiger charge is 2.38. The fourth-order valence-electron chi connectivity index (χ4n) is 3.07. The highest BCUT2D eigenvalue weighted by molar-refractivity contribution is 6.53. The van der Waals surface area contributed by atoms with Gasteiger partial charge in [-0.15, -0.1) is 0 Å². The van der Waals surface area contributed by atoms with Gasteiger partial charge < -0.3 is 10.1 Å². The van der Waals surface area contributed by atoms with Gasteiger partial charge in [0.1, 0.15) is 16.5 Å². The second-order valence-electron chi connectivity index (χ2n) is 6.95. The van der Waals surface area contributed by atoms with E-state index in [2.05, 4.69) is 5.32 Å². The lowest BCUT2D eigenvalue weighted by atomic mass is 10.2. The summed E-state index contributed by atoms with van der Waals surface area (Å²) >= 11 is 12.0. The summed E-state index contributed by atoms with van der Waals surface area (Å²) in [7, 11) is 0. The van der Waals surface area contributed by atoms with Gasteiger partial charge in [0.05, 0.1) is 16.2 Å². The lowest BCUT2D eigenvalue weighted by molar-refractivity contribution is -0.384. The van der Waals surface area contributed by atoms with Crippen LogP contribution in [0.5, 0.6) is 5.75 Å². The van der Waals surface area contributed by atoms with Crippen LogP contribution in [-0.4, -0.2) is 22.7 Å². The number of non-ortho nitro benzene ring substituents is 1. The van der Waals surface area contributed by atoms with Crippen molar-refractivity contribution in [2.24, 2.45) is 0 Å². The third-order valence-corrected chi connectivity index (χ3v) is 5.36. The van der Waals surface area contributed by atoms with Crippen molar-refractivity contribution < 1.29 is 24.0 Å². The van der Waals surface area contributed by atoms with E-state index in [9.17, 15) is 24.5 Å². The molecule has 0 aromatic heterocycles. The zero-order valence-corrected chi connectivity index (χ0v) is 18.5. The smallest absolute Gasteiger partial charge is 0.343 e. The number of anilines is 2. The Morgan fingerprint density at radius 3 is 2.09 bits per heavy atom. The van der Waals surface area contributed by atoms with Gasteiger partial charge >= 0.3 is 5.97 Å². The van der Waals surface area contributed by atoms with Gasteiger partial charge in [-0.2, -0.15) is 0 Å². The van der Waals surface area contributed by atoms with Crippen molar-refractivity contribution in [3.63, 3.8) is 0 Å². The first-order valence-electron chi connectivity index (χ1n) is 9.62. The van der Waals surface area contributed by atoms with Crippen LogP contribution in [-0.2, 0) is 9.59 Å². The van der Waals surface area contributed by atoms with Gasteiger partial charge in [0.15, 0.2) is 0 Å². The Kier molecular flexibility index (Phi) is 6.31. The lowest BCUT2D eigenvalue weighted by Crippen LogP contribution is -2.32. The lowest BCUT2D eigenvalue weighted by Gasteiger charge is -2.15. The number of carbonyl (C=O) groups excluding carboxylic acids is 3. The molecule has 1 aliphatic heterocycles. The molecule has 0 saturated carbocycles. The summed E-state index contributed by atoms with van der Waals surface area (Å²) in [6, 6.07) is 17.1. The zero-order valence-electron chi connectivity index (χ0n) is 17.0. The van der Waals surface area contributed by atoms with E-state index < -0.39 is 22.7 Å². The minimum atomic E-state index is -0.682. The molecule has 3 aromatic carbocycles. The van der Waals surface area contributed by atoms with Crippen molar-refractivity contribution >= 4 is 58.0 Å². The van der Waals surface area contributed by atoms with Crippen molar-refractivity contribution in [1.29, 1.82) is 0 Å². The number of esters is 1. The van der Waals surface area contributed by atoms with Crippen LogP contribution >= 0.6 is 23.2 Å². The average molecular weight is 498 g/mol. The third-order valence-electron chi connectivity index (χ3n) is 4.76. The average Bonchev–Trinajstić information content (AvgIpc) is 3.03. The number of ether oxygens (including phenoxy) is 1. The van der Waals surface area contributed by atoms with Crippen molar-refractivity contribution in [2.45, 2.75) is 0 Å². The molecule has 34 heavy (non-hydrogen) atoms. The van der Waals surface area contributed by atoms with Gasteiger partial charge in [-0.3, -0.25) is 19.7 Å². The fraction of sp³-hybridized carbons (Fsp3) is 0. The molecule has 0 saturated heterocycles. The summed E-state index contributed by atoms with van der Waals surface area (Å²) in [4.78, 5) is 48.7. The first kappa shape index (κ1) is 23.0. The molecule has 0 spiro atoms. The molecule has 3 aromatic rings. The molecule has 0 radical (unpaired) electrons. The van der Waals surface area contributed by atoms with Gasteiger partial charge in [-0.25, -0.2) is 9.69 Å². The molecule has 0 aliphatic carbocycles. The summed E-state index contributed by atoms with van der Waals surface area (Å²) in [5, 5.41) is 13.7. The minimum absolute atomic E-state index is 0.108. The van der Waals surface area contributed by atoms with Crippen molar-refractivity contribution in [3.05, 3.63) is 104 Å². The van der Waals surface area contributed by atoms with Gasteiger partial charge in [-0.05, 0) is 60.7 Å². The van der Waals surface area contributed by atoms with E-state index in [-0.39, 0.29) is 27.7 Å². The van der Waals surface area contributed by atoms with Gasteiger partial charge in [0.25, 0.3) is 17.5 Å². The van der Waals surface area contributed by atoms with Crippen LogP contribution in [0.25, 0.3) is 0 Å². The Morgan fingerprint density at radius 2 is 1.50 bits per heavy atom. The van der Waals surface area contributed by atoms with Crippen LogP contribution in [0.15, 0.2) is 83.5 Å². The molecule has 0 unspecified atom stereocenters. The van der Waals surface area contributed by atoms with Gasteiger partial charge in [0, 0.05) is 22.8 Å². The maximum Gasteiger partial charge on any atom is 0.343 e. The molecule has 0 atom stereocenters. The molecule has 2 amide bonds. The van der Waals surface area contributed by atoms with Crippen molar-refractivity contribution in [2.75, 3.05) is 10.2 Å². The zero-order chi connectivity index (χ0) is 24.4. The second-order valence-corrected chi connectivity index (χ2v) is 7.77. The standard InChI is InChI=1S/C23H13Cl2N3O6/c24-14-3-7-16(8-4-14)27-21(29)19(25)20(22(27)30)26-15-5-1-13(2-6-15)23(31)34-18-11-9-17(10-12-18)28(32)33/h1-12,26H. The molecule has 4 rings (SSSR count). The second kappa shape index (κ2) is 9.34. The number of nitro groups is 1. The highest BCUT2D eigenvalue weighted by atomic mass is 35.5. The van der Waals surface area contributed by atoms with Crippen LogP contribution in [0.4, 0.5) is 17.1 Å². The third kappa shape index (κ3) is 4.61. The number of rotatable bonds is 6. The highest BCUT2D eigenvalue weighted by Crippen LogP contribution is 2.31.